The van der Waals surface area contributed by atoms with Gasteiger partial charge in [0.2, 0.25) is 5.91 Å². The minimum atomic E-state index is -0.435. The number of amidine groups is 2. The second-order valence-electron chi connectivity index (χ2n) is 8.29. The summed E-state index contributed by atoms with van der Waals surface area (Å²) in [6.07, 6.45) is 3.85. The van der Waals surface area contributed by atoms with Gasteiger partial charge < -0.3 is 20.2 Å². The maximum atomic E-state index is 12.8. The van der Waals surface area contributed by atoms with E-state index in [1.54, 1.807) is 40.3 Å². The van der Waals surface area contributed by atoms with Crippen LogP contribution in [0.25, 0.3) is 0 Å². The SMILES string of the molecule is CC1CCC(=N)N1C(=N)c1cccc(NC(=O)c2cc3c(cn2)CCN(C(=O)CCO)C3)n1. The first-order valence-corrected chi connectivity index (χ1v) is 11.0. The van der Waals surface area contributed by atoms with Crippen molar-refractivity contribution in [2.24, 2.45) is 0 Å². The second kappa shape index (κ2) is 9.45. The van der Waals surface area contributed by atoms with Crippen molar-refractivity contribution in [3.8, 4) is 0 Å². The molecular weight excluding hydrogens is 422 g/mol. The highest BCUT2D eigenvalue weighted by Gasteiger charge is 2.29. The summed E-state index contributed by atoms with van der Waals surface area (Å²) < 4.78 is 0. The van der Waals surface area contributed by atoms with E-state index in [4.69, 9.17) is 15.9 Å². The lowest BCUT2D eigenvalue weighted by Crippen LogP contribution is -2.37. The molecule has 1 fully saturated rings. The van der Waals surface area contributed by atoms with Crippen molar-refractivity contribution in [1.82, 2.24) is 19.8 Å². The lowest BCUT2D eigenvalue weighted by atomic mass is 10.0. The van der Waals surface area contributed by atoms with Crippen LogP contribution in [0.2, 0.25) is 0 Å². The van der Waals surface area contributed by atoms with E-state index in [0.717, 1.165) is 17.5 Å². The molecule has 1 unspecified atom stereocenters. The topological polar surface area (TPSA) is 146 Å². The first-order chi connectivity index (χ1) is 15.9. The van der Waals surface area contributed by atoms with E-state index in [1.165, 1.54) is 0 Å². The lowest BCUT2D eigenvalue weighted by molar-refractivity contribution is -0.132. The smallest absolute Gasteiger partial charge is 0.275 e. The van der Waals surface area contributed by atoms with E-state index in [9.17, 15) is 9.59 Å². The van der Waals surface area contributed by atoms with Gasteiger partial charge in [-0.25, -0.2) is 4.98 Å². The number of carbonyl (C=O) groups excluding carboxylic acids is 2. The molecule has 4 N–H and O–H groups in total. The molecule has 4 heterocycles. The average molecular weight is 450 g/mol. The number of aromatic nitrogens is 2. The summed E-state index contributed by atoms with van der Waals surface area (Å²) in [5, 5.41) is 28.3. The molecule has 0 aromatic carbocycles. The molecule has 1 atom stereocenters. The first-order valence-electron chi connectivity index (χ1n) is 11.0. The van der Waals surface area contributed by atoms with Gasteiger partial charge in [-0.15, -0.1) is 0 Å². The highest BCUT2D eigenvalue weighted by atomic mass is 16.3. The molecule has 2 amide bonds. The number of aliphatic hydroxyl groups excluding tert-OH is 1. The molecule has 0 saturated carbocycles. The van der Waals surface area contributed by atoms with Crippen LogP contribution in [-0.2, 0) is 17.8 Å². The number of pyridine rings is 2. The molecule has 10 nitrogen and oxygen atoms in total. The predicted octanol–water partition coefficient (Wildman–Crippen LogP) is 1.78. The maximum Gasteiger partial charge on any atom is 0.275 e. The maximum absolute atomic E-state index is 12.8. The number of nitrogens with one attached hydrogen (secondary N) is 3. The molecule has 2 aliphatic heterocycles. The van der Waals surface area contributed by atoms with Crippen molar-refractivity contribution in [2.45, 2.75) is 45.2 Å². The number of carbonyl (C=O) groups is 2. The predicted molar refractivity (Wildman–Crippen MR) is 122 cm³/mol. The zero-order valence-corrected chi connectivity index (χ0v) is 18.5. The molecule has 0 radical (unpaired) electrons. The van der Waals surface area contributed by atoms with E-state index < -0.39 is 5.91 Å². The Balaban J connectivity index is 1.48. The Labute approximate surface area is 191 Å². The van der Waals surface area contributed by atoms with Crippen LogP contribution in [0.15, 0.2) is 30.5 Å². The molecule has 2 aromatic heterocycles. The van der Waals surface area contributed by atoms with Gasteiger partial charge in [-0.05, 0) is 49.1 Å². The second-order valence-corrected chi connectivity index (χ2v) is 8.29. The number of hydrogen-bond acceptors (Lipinski definition) is 7. The van der Waals surface area contributed by atoms with Crippen LogP contribution in [0.1, 0.15) is 53.5 Å². The van der Waals surface area contributed by atoms with Gasteiger partial charge in [0.05, 0.1) is 6.61 Å². The largest absolute Gasteiger partial charge is 0.396 e. The van der Waals surface area contributed by atoms with E-state index in [1.807, 2.05) is 6.92 Å². The van der Waals surface area contributed by atoms with Gasteiger partial charge >= 0.3 is 0 Å². The standard InChI is InChI=1S/C23H27N7O3/c1-14-5-6-19(24)30(14)22(25)17-3-2-4-20(27-17)28-23(33)18-11-16-13-29(21(32)8-10-31)9-7-15(16)12-26-18/h2-4,11-12,14,24-25,31H,5-10,13H2,1H3,(H,27,28,33). The quantitative estimate of drug-likeness (QED) is 0.404. The molecule has 0 bridgehead atoms. The fraction of sp³-hybridized carbons (Fsp3) is 0.391. The Morgan fingerprint density at radius 3 is 2.79 bits per heavy atom. The Hall–Kier alpha value is -3.66. The molecule has 1 saturated heterocycles. The molecule has 0 aliphatic carbocycles. The molecule has 10 heteroatoms. The minimum absolute atomic E-state index is 0.0635. The van der Waals surface area contributed by atoms with E-state index in [0.29, 0.717) is 43.3 Å². The van der Waals surface area contributed by atoms with Gasteiger partial charge in [0, 0.05) is 38.2 Å². The van der Waals surface area contributed by atoms with Gasteiger partial charge in [-0.2, -0.15) is 0 Å². The summed E-state index contributed by atoms with van der Waals surface area (Å²) >= 11 is 0. The summed E-state index contributed by atoms with van der Waals surface area (Å²) in [6.45, 7) is 2.73. The summed E-state index contributed by atoms with van der Waals surface area (Å²) in [6, 6.07) is 6.78. The van der Waals surface area contributed by atoms with Crippen LogP contribution in [0, 0.1) is 10.8 Å². The number of rotatable bonds is 5. The average Bonchev–Trinajstić information content (AvgIpc) is 3.15. The zero-order chi connectivity index (χ0) is 23.5. The molecule has 172 valence electrons. The van der Waals surface area contributed by atoms with Gasteiger partial charge in [-0.3, -0.25) is 25.4 Å². The lowest BCUT2D eigenvalue weighted by Gasteiger charge is -2.28. The molecule has 0 spiro atoms. The Morgan fingerprint density at radius 1 is 1.24 bits per heavy atom. The molecule has 2 aromatic rings. The normalized spacial score (nSPS) is 17.6. The number of hydrogen-bond donors (Lipinski definition) is 4. The number of amides is 2. The van der Waals surface area contributed by atoms with Crippen molar-refractivity contribution in [3.63, 3.8) is 0 Å². The monoisotopic (exact) mass is 449 g/mol. The van der Waals surface area contributed by atoms with Crippen molar-refractivity contribution in [2.75, 3.05) is 18.5 Å². The van der Waals surface area contributed by atoms with Crippen molar-refractivity contribution >= 4 is 29.3 Å². The number of nitrogens with zero attached hydrogens (tertiary/aromatic N) is 4. The van der Waals surface area contributed by atoms with Crippen molar-refractivity contribution in [1.29, 1.82) is 10.8 Å². The summed E-state index contributed by atoms with van der Waals surface area (Å²) in [7, 11) is 0. The Kier molecular flexibility index (Phi) is 6.45. The summed E-state index contributed by atoms with van der Waals surface area (Å²) in [4.78, 5) is 37.0. The zero-order valence-electron chi connectivity index (χ0n) is 18.5. The van der Waals surface area contributed by atoms with E-state index >= 15 is 0 Å². The van der Waals surface area contributed by atoms with Crippen LogP contribution < -0.4 is 5.32 Å². The van der Waals surface area contributed by atoms with E-state index in [2.05, 4.69) is 15.3 Å². The highest BCUT2D eigenvalue weighted by Crippen LogP contribution is 2.22. The van der Waals surface area contributed by atoms with Crippen LogP contribution >= 0.6 is 0 Å². The van der Waals surface area contributed by atoms with Crippen LogP contribution in [-0.4, -0.2) is 67.6 Å². The Morgan fingerprint density at radius 2 is 2.06 bits per heavy atom. The molecule has 2 aliphatic rings. The fourth-order valence-corrected chi connectivity index (χ4v) is 4.19. The minimum Gasteiger partial charge on any atom is -0.396 e. The van der Waals surface area contributed by atoms with Crippen molar-refractivity contribution < 1.29 is 14.7 Å². The van der Waals surface area contributed by atoms with Gasteiger partial charge in [0.25, 0.3) is 5.91 Å². The van der Waals surface area contributed by atoms with Gasteiger partial charge in [-0.1, -0.05) is 6.07 Å². The van der Waals surface area contributed by atoms with Crippen LogP contribution in [0.5, 0.6) is 0 Å². The fourth-order valence-electron chi connectivity index (χ4n) is 4.19. The van der Waals surface area contributed by atoms with Gasteiger partial charge in [0.1, 0.15) is 23.0 Å². The number of fused-ring (bicyclic) bond motifs is 1. The third-order valence-electron chi connectivity index (χ3n) is 6.01. The molecular formula is C23H27N7O3. The number of aliphatic hydroxyl groups is 1. The van der Waals surface area contributed by atoms with Gasteiger partial charge in [0.15, 0.2) is 5.84 Å². The summed E-state index contributed by atoms with van der Waals surface area (Å²) in [5.41, 5.74) is 2.44. The van der Waals surface area contributed by atoms with Crippen molar-refractivity contribution in [3.05, 3.63) is 53.0 Å². The van der Waals surface area contributed by atoms with E-state index in [-0.39, 0.29) is 36.5 Å². The van der Waals surface area contributed by atoms with Crippen LogP contribution in [0.3, 0.4) is 0 Å². The highest BCUT2D eigenvalue weighted by molar-refractivity contribution is 6.08. The third kappa shape index (κ3) is 4.75. The number of likely N-dealkylation sites (tertiary alicyclic amines) is 1. The molecule has 4 rings (SSSR count). The first kappa shape index (κ1) is 22.5. The summed E-state index contributed by atoms with van der Waals surface area (Å²) in [5.74, 6) is 0.277. The third-order valence-corrected chi connectivity index (χ3v) is 6.01. The number of anilines is 1. The molecule has 33 heavy (non-hydrogen) atoms. The van der Waals surface area contributed by atoms with Crippen LogP contribution in [0.4, 0.5) is 5.82 Å². The Bertz CT molecular complexity index is 1120.